The van der Waals surface area contributed by atoms with Gasteiger partial charge in [-0.2, -0.15) is 0 Å². The average molecular weight is 407 g/mol. The van der Waals surface area contributed by atoms with Gasteiger partial charge in [-0.25, -0.2) is 9.98 Å². The summed E-state index contributed by atoms with van der Waals surface area (Å²) in [6, 6.07) is 4.30. The van der Waals surface area contributed by atoms with Crippen LogP contribution in [-0.2, 0) is 17.3 Å². The second-order valence-electron chi connectivity index (χ2n) is 7.75. The number of pyridine rings is 1. The molecule has 0 aliphatic heterocycles. The minimum Gasteiger partial charge on any atom is -0.477 e. The Balaban J connectivity index is 1.52. The van der Waals surface area contributed by atoms with Crippen molar-refractivity contribution < 1.29 is 8.95 Å². The fourth-order valence-electron chi connectivity index (χ4n) is 3.51. The summed E-state index contributed by atoms with van der Waals surface area (Å²) < 4.78 is 17.9. The number of aliphatic imine (C=N–C) groups is 1. The van der Waals surface area contributed by atoms with E-state index in [4.69, 9.17) is 9.73 Å². The van der Waals surface area contributed by atoms with Crippen LogP contribution in [0.25, 0.3) is 0 Å². The molecule has 156 valence electrons. The number of rotatable bonds is 9. The molecule has 3 unspecified atom stereocenters. The molecular formula is C21H34N4O2S. The van der Waals surface area contributed by atoms with Gasteiger partial charge in [-0.05, 0) is 50.5 Å². The molecule has 0 amide bonds. The molecule has 0 aromatic carbocycles. The third-order valence-electron chi connectivity index (χ3n) is 5.35. The summed E-state index contributed by atoms with van der Waals surface area (Å²) in [5, 5.41) is 7.19. The maximum Gasteiger partial charge on any atom is 0.213 e. The predicted molar refractivity (Wildman–Crippen MR) is 115 cm³/mol. The molecule has 6 nitrogen and oxygen atoms in total. The van der Waals surface area contributed by atoms with Crippen LogP contribution >= 0.6 is 0 Å². The van der Waals surface area contributed by atoms with Gasteiger partial charge >= 0.3 is 0 Å². The first kappa shape index (κ1) is 21.1. The van der Waals surface area contributed by atoms with Crippen LogP contribution in [0.2, 0.25) is 0 Å². The van der Waals surface area contributed by atoms with Gasteiger partial charge in [0.25, 0.3) is 0 Å². The maximum atomic E-state index is 12.2. The van der Waals surface area contributed by atoms with Crippen molar-refractivity contribution >= 4 is 16.8 Å². The van der Waals surface area contributed by atoms with E-state index in [1.807, 2.05) is 25.3 Å². The number of nitrogens with zero attached hydrogens (tertiary/aromatic N) is 2. The van der Waals surface area contributed by atoms with Crippen molar-refractivity contribution in [3.05, 3.63) is 23.9 Å². The summed E-state index contributed by atoms with van der Waals surface area (Å²) in [5.41, 5.74) is 1.06. The summed E-state index contributed by atoms with van der Waals surface area (Å²) in [4.78, 5) is 9.11. The van der Waals surface area contributed by atoms with Gasteiger partial charge < -0.3 is 15.4 Å². The lowest BCUT2D eigenvalue weighted by Gasteiger charge is -2.30. The highest BCUT2D eigenvalue weighted by Crippen LogP contribution is 2.29. The molecule has 0 saturated heterocycles. The first-order chi connectivity index (χ1) is 13.7. The summed E-state index contributed by atoms with van der Waals surface area (Å²) in [6.07, 6.45) is 8.67. The molecule has 2 fully saturated rings. The monoisotopic (exact) mass is 406 g/mol. The van der Waals surface area contributed by atoms with Crippen LogP contribution in [0.15, 0.2) is 23.3 Å². The molecule has 3 rings (SSSR count). The number of guanidine groups is 1. The summed E-state index contributed by atoms with van der Waals surface area (Å²) in [6.45, 7) is 6.25. The minimum absolute atomic E-state index is 0.312. The van der Waals surface area contributed by atoms with E-state index in [-0.39, 0.29) is 0 Å². The molecule has 1 aromatic heterocycles. The lowest BCUT2D eigenvalue weighted by molar-refractivity contribution is 0.288. The van der Waals surface area contributed by atoms with Crippen LogP contribution in [0.4, 0.5) is 0 Å². The zero-order valence-corrected chi connectivity index (χ0v) is 18.0. The summed E-state index contributed by atoms with van der Waals surface area (Å²) in [5.74, 6) is 3.00. The lowest BCUT2D eigenvalue weighted by atomic mass is 9.95. The molecule has 0 spiro atoms. The Morgan fingerprint density at radius 1 is 1.29 bits per heavy atom. The van der Waals surface area contributed by atoms with Gasteiger partial charge in [0.1, 0.15) is 0 Å². The van der Waals surface area contributed by atoms with E-state index in [1.54, 1.807) is 0 Å². The molecule has 2 saturated carbocycles. The van der Waals surface area contributed by atoms with Gasteiger partial charge in [-0.1, -0.05) is 19.4 Å². The Hall–Kier alpha value is -1.63. The standard InChI is InChI=1S/C21H34N4O2S/c1-3-22-21(25-18-6-5-7-19(12-18)28(26)4-2)24-14-17-10-11-20(23-13-17)27-15-16-8-9-16/h10-11,13,16,18-19H,3-9,12,14-15H2,1-2H3,(H2,22,24,25). The zero-order valence-electron chi connectivity index (χ0n) is 17.2. The Morgan fingerprint density at radius 2 is 2.14 bits per heavy atom. The van der Waals surface area contributed by atoms with Gasteiger partial charge in [0, 0.05) is 46.7 Å². The fraction of sp³-hybridized carbons (Fsp3) is 0.714. The molecule has 2 aliphatic carbocycles. The Kier molecular flexibility index (Phi) is 8.13. The fourth-order valence-corrected chi connectivity index (χ4v) is 4.86. The van der Waals surface area contributed by atoms with Crippen molar-refractivity contribution in [2.75, 3.05) is 18.9 Å². The van der Waals surface area contributed by atoms with Crippen LogP contribution in [0.3, 0.4) is 0 Å². The molecule has 1 heterocycles. The normalized spacial score (nSPS) is 23.9. The van der Waals surface area contributed by atoms with Crippen molar-refractivity contribution in [2.45, 2.75) is 70.2 Å². The highest BCUT2D eigenvalue weighted by molar-refractivity contribution is 7.85. The topological polar surface area (TPSA) is 75.6 Å². The molecule has 2 N–H and O–H groups in total. The smallest absolute Gasteiger partial charge is 0.213 e. The first-order valence-corrected chi connectivity index (χ1v) is 12.1. The van der Waals surface area contributed by atoms with E-state index in [0.717, 1.165) is 62.0 Å². The molecule has 0 bridgehead atoms. The third kappa shape index (κ3) is 6.76. The van der Waals surface area contributed by atoms with E-state index < -0.39 is 10.8 Å². The largest absolute Gasteiger partial charge is 0.477 e. The first-order valence-electron chi connectivity index (χ1n) is 10.7. The van der Waals surface area contributed by atoms with Crippen LogP contribution in [-0.4, -0.2) is 45.3 Å². The SMILES string of the molecule is CCNC(=NCc1ccc(OCC2CC2)nc1)NC1CCCC(S(=O)CC)C1. The Morgan fingerprint density at radius 3 is 2.82 bits per heavy atom. The highest BCUT2D eigenvalue weighted by atomic mass is 32.2. The Labute approximate surface area is 171 Å². The van der Waals surface area contributed by atoms with E-state index in [2.05, 4.69) is 22.5 Å². The van der Waals surface area contributed by atoms with Gasteiger partial charge in [-0.3, -0.25) is 4.21 Å². The molecule has 3 atom stereocenters. The van der Waals surface area contributed by atoms with Crippen molar-refractivity contribution in [1.82, 2.24) is 15.6 Å². The summed E-state index contributed by atoms with van der Waals surface area (Å²) >= 11 is 0. The zero-order chi connectivity index (χ0) is 19.8. The minimum atomic E-state index is -0.710. The quantitative estimate of drug-likeness (QED) is 0.487. The van der Waals surface area contributed by atoms with Gasteiger partial charge in [-0.15, -0.1) is 0 Å². The molecular weight excluding hydrogens is 372 g/mol. The van der Waals surface area contributed by atoms with Crippen LogP contribution < -0.4 is 15.4 Å². The van der Waals surface area contributed by atoms with Crippen LogP contribution in [0, 0.1) is 5.92 Å². The molecule has 1 aromatic rings. The second-order valence-corrected chi connectivity index (χ2v) is 9.76. The number of nitrogens with one attached hydrogen (secondary N) is 2. The average Bonchev–Trinajstić information content (AvgIpc) is 3.55. The van der Waals surface area contributed by atoms with E-state index >= 15 is 0 Å². The van der Waals surface area contributed by atoms with Gasteiger partial charge in [0.15, 0.2) is 5.96 Å². The van der Waals surface area contributed by atoms with E-state index in [9.17, 15) is 4.21 Å². The second kappa shape index (κ2) is 10.8. The predicted octanol–water partition coefficient (Wildman–Crippen LogP) is 3.01. The molecule has 28 heavy (non-hydrogen) atoms. The number of aromatic nitrogens is 1. The number of ether oxygens (including phenoxy) is 1. The Bertz CT molecular complexity index is 661. The van der Waals surface area contributed by atoms with Crippen molar-refractivity contribution in [2.24, 2.45) is 10.9 Å². The third-order valence-corrected chi connectivity index (χ3v) is 7.09. The lowest BCUT2D eigenvalue weighted by Crippen LogP contribution is -2.46. The van der Waals surface area contributed by atoms with Crippen molar-refractivity contribution in [1.29, 1.82) is 0 Å². The molecule has 7 heteroatoms. The maximum absolute atomic E-state index is 12.2. The van der Waals surface area contributed by atoms with E-state index in [1.165, 1.54) is 12.8 Å². The summed E-state index contributed by atoms with van der Waals surface area (Å²) in [7, 11) is -0.710. The van der Waals surface area contributed by atoms with Crippen molar-refractivity contribution in [3.8, 4) is 5.88 Å². The van der Waals surface area contributed by atoms with Gasteiger partial charge in [0.2, 0.25) is 5.88 Å². The number of hydrogen-bond donors (Lipinski definition) is 2. The van der Waals surface area contributed by atoms with E-state index in [0.29, 0.717) is 23.7 Å². The highest BCUT2D eigenvalue weighted by Gasteiger charge is 2.26. The van der Waals surface area contributed by atoms with Crippen LogP contribution in [0.1, 0.15) is 57.9 Å². The molecule has 0 radical (unpaired) electrons. The van der Waals surface area contributed by atoms with Crippen LogP contribution in [0.5, 0.6) is 5.88 Å². The molecule has 2 aliphatic rings. The van der Waals surface area contributed by atoms with Crippen molar-refractivity contribution in [3.63, 3.8) is 0 Å². The number of hydrogen-bond acceptors (Lipinski definition) is 4. The van der Waals surface area contributed by atoms with Gasteiger partial charge in [0.05, 0.1) is 13.2 Å².